The van der Waals surface area contributed by atoms with E-state index in [2.05, 4.69) is 10.3 Å². The maximum absolute atomic E-state index is 12.7. The molecule has 2 aromatic heterocycles. The number of ether oxygens (including phenoxy) is 3. The van der Waals surface area contributed by atoms with Crippen LogP contribution in [0, 0.1) is 13.8 Å². The number of nitrogens with one attached hydrogen (secondary N) is 1. The monoisotopic (exact) mass is 387 g/mol. The number of hydrogen-bond donors (Lipinski definition) is 1. The van der Waals surface area contributed by atoms with Crippen LogP contribution in [0.5, 0.6) is 17.2 Å². The summed E-state index contributed by atoms with van der Waals surface area (Å²) in [7, 11) is 4.46. The van der Waals surface area contributed by atoms with Crippen molar-refractivity contribution in [2.75, 3.05) is 26.6 Å². The van der Waals surface area contributed by atoms with Gasteiger partial charge >= 0.3 is 0 Å². The molecule has 3 rings (SSSR count). The van der Waals surface area contributed by atoms with Crippen LogP contribution >= 0.6 is 0 Å². The molecule has 0 atom stereocenters. The quantitative estimate of drug-likeness (QED) is 0.692. The molecular weight excluding hydrogens is 366 g/mol. The summed E-state index contributed by atoms with van der Waals surface area (Å²) in [6.07, 6.45) is 1.29. The fourth-order valence-electron chi connectivity index (χ4n) is 2.89. The molecule has 0 saturated carbocycles. The Morgan fingerprint density at radius 2 is 1.79 bits per heavy atom. The predicted octanol–water partition coefficient (Wildman–Crippen LogP) is 2.27. The number of rotatable bonds is 6. The average Bonchev–Trinajstić information content (AvgIpc) is 2.97. The predicted molar refractivity (Wildman–Crippen MR) is 102 cm³/mol. The Morgan fingerprint density at radius 3 is 2.36 bits per heavy atom. The van der Waals surface area contributed by atoms with Crippen LogP contribution in [0.1, 0.15) is 11.3 Å². The summed E-state index contributed by atoms with van der Waals surface area (Å²) >= 11 is 0. The number of furan rings is 1. The molecule has 9 nitrogen and oxygen atoms in total. The SMILES string of the molecule is COc1cc(NC(=O)Cn2cnc3oc(C)c(C)c3c2=O)cc(OC)c1OC. The molecule has 0 bridgehead atoms. The third-order valence-electron chi connectivity index (χ3n) is 4.42. The third kappa shape index (κ3) is 3.38. The molecule has 0 radical (unpaired) electrons. The van der Waals surface area contributed by atoms with E-state index >= 15 is 0 Å². The molecule has 0 unspecified atom stereocenters. The molecule has 9 heteroatoms. The molecule has 3 aromatic rings. The Hall–Kier alpha value is -3.49. The number of anilines is 1. The zero-order valence-electron chi connectivity index (χ0n) is 16.3. The standard InChI is InChI=1S/C19H21N3O6/c1-10-11(2)28-18-16(10)19(24)22(9-20-18)8-15(23)21-12-6-13(25-3)17(27-5)14(7-12)26-4/h6-7,9H,8H2,1-5H3,(H,21,23). The third-order valence-corrected chi connectivity index (χ3v) is 4.42. The van der Waals surface area contributed by atoms with Crippen molar-refractivity contribution in [3.63, 3.8) is 0 Å². The summed E-state index contributed by atoms with van der Waals surface area (Å²) in [5.74, 6) is 1.44. The molecule has 28 heavy (non-hydrogen) atoms. The highest BCUT2D eigenvalue weighted by molar-refractivity contribution is 5.91. The van der Waals surface area contributed by atoms with Crippen molar-refractivity contribution in [2.45, 2.75) is 20.4 Å². The molecule has 148 valence electrons. The minimum Gasteiger partial charge on any atom is -0.493 e. The first-order valence-electron chi connectivity index (χ1n) is 8.44. The van der Waals surface area contributed by atoms with E-state index in [9.17, 15) is 9.59 Å². The number of aryl methyl sites for hydroxylation is 2. The maximum atomic E-state index is 12.7. The van der Waals surface area contributed by atoms with Crippen molar-refractivity contribution in [2.24, 2.45) is 0 Å². The first kappa shape index (κ1) is 19.3. The Labute approximate surface area is 160 Å². The van der Waals surface area contributed by atoms with E-state index in [1.165, 1.54) is 32.2 Å². The van der Waals surface area contributed by atoms with Gasteiger partial charge in [-0.15, -0.1) is 0 Å². The van der Waals surface area contributed by atoms with E-state index in [1.54, 1.807) is 26.0 Å². The topological polar surface area (TPSA) is 105 Å². The number of aromatic nitrogens is 2. The number of benzene rings is 1. The van der Waals surface area contributed by atoms with Crippen molar-refractivity contribution in [3.8, 4) is 17.2 Å². The lowest BCUT2D eigenvalue weighted by Gasteiger charge is -2.14. The molecule has 1 aromatic carbocycles. The first-order valence-corrected chi connectivity index (χ1v) is 8.44. The Bertz CT molecular complexity index is 1070. The van der Waals surface area contributed by atoms with Gasteiger partial charge in [-0.3, -0.25) is 14.2 Å². The van der Waals surface area contributed by atoms with Crippen LogP contribution in [-0.4, -0.2) is 36.8 Å². The molecule has 0 aliphatic heterocycles. The second kappa shape index (κ2) is 7.63. The number of methoxy groups -OCH3 is 3. The van der Waals surface area contributed by atoms with Gasteiger partial charge in [0.2, 0.25) is 17.4 Å². The van der Waals surface area contributed by atoms with Crippen LogP contribution < -0.4 is 25.1 Å². The number of carbonyl (C=O) groups excluding carboxylic acids is 1. The van der Waals surface area contributed by atoms with Gasteiger partial charge in [0.15, 0.2) is 11.5 Å². The van der Waals surface area contributed by atoms with Gasteiger partial charge in [-0.1, -0.05) is 0 Å². The molecular formula is C19H21N3O6. The van der Waals surface area contributed by atoms with Gasteiger partial charge in [0.25, 0.3) is 5.56 Å². The highest BCUT2D eigenvalue weighted by Gasteiger charge is 2.17. The lowest BCUT2D eigenvalue weighted by atomic mass is 10.2. The van der Waals surface area contributed by atoms with Gasteiger partial charge in [-0.05, 0) is 13.8 Å². The summed E-state index contributed by atoms with van der Waals surface area (Å²) in [5.41, 5.74) is 1.09. The van der Waals surface area contributed by atoms with Gasteiger partial charge in [0.1, 0.15) is 24.0 Å². The summed E-state index contributed by atoms with van der Waals surface area (Å²) in [6.45, 7) is 3.34. The number of hydrogen-bond acceptors (Lipinski definition) is 7. The molecule has 0 saturated heterocycles. The van der Waals surface area contributed by atoms with E-state index in [4.69, 9.17) is 18.6 Å². The number of carbonyl (C=O) groups is 1. The Kier molecular flexibility index (Phi) is 5.25. The second-order valence-electron chi connectivity index (χ2n) is 6.10. The molecule has 1 amide bonds. The van der Waals surface area contributed by atoms with Gasteiger partial charge in [0.05, 0.1) is 21.3 Å². The van der Waals surface area contributed by atoms with E-state index < -0.39 is 5.91 Å². The smallest absolute Gasteiger partial charge is 0.265 e. The molecule has 0 aliphatic carbocycles. The van der Waals surface area contributed by atoms with Crippen LogP contribution in [-0.2, 0) is 11.3 Å². The van der Waals surface area contributed by atoms with E-state index in [0.29, 0.717) is 39.6 Å². The highest BCUT2D eigenvalue weighted by atomic mass is 16.5. The largest absolute Gasteiger partial charge is 0.493 e. The Morgan fingerprint density at radius 1 is 1.14 bits per heavy atom. The van der Waals surface area contributed by atoms with Crippen molar-refractivity contribution in [3.05, 3.63) is 40.1 Å². The van der Waals surface area contributed by atoms with Gasteiger partial charge in [-0.25, -0.2) is 4.98 Å². The molecule has 2 heterocycles. The number of amides is 1. The van der Waals surface area contributed by atoms with Crippen molar-refractivity contribution in [1.82, 2.24) is 9.55 Å². The van der Waals surface area contributed by atoms with Crippen LogP contribution in [0.3, 0.4) is 0 Å². The van der Waals surface area contributed by atoms with Crippen LogP contribution in [0.25, 0.3) is 11.1 Å². The number of fused-ring (bicyclic) bond motifs is 1. The maximum Gasteiger partial charge on any atom is 0.265 e. The average molecular weight is 387 g/mol. The number of nitrogens with zero attached hydrogens (tertiary/aromatic N) is 2. The van der Waals surface area contributed by atoms with Crippen molar-refractivity contribution < 1.29 is 23.4 Å². The van der Waals surface area contributed by atoms with Crippen molar-refractivity contribution in [1.29, 1.82) is 0 Å². The summed E-state index contributed by atoms with van der Waals surface area (Å²) in [4.78, 5) is 29.3. The van der Waals surface area contributed by atoms with Gasteiger partial charge in [-0.2, -0.15) is 0 Å². The van der Waals surface area contributed by atoms with E-state index in [-0.39, 0.29) is 17.8 Å². The molecule has 1 N–H and O–H groups in total. The second-order valence-corrected chi connectivity index (χ2v) is 6.10. The van der Waals surface area contributed by atoms with Crippen molar-refractivity contribution >= 4 is 22.7 Å². The van der Waals surface area contributed by atoms with Crippen LogP contribution in [0.2, 0.25) is 0 Å². The van der Waals surface area contributed by atoms with E-state index in [0.717, 1.165) is 0 Å². The Balaban J connectivity index is 1.87. The normalized spacial score (nSPS) is 10.8. The fraction of sp³-hybridized carbons (Fsp3) is 0.316. The lowest BCUT2D eigenvalue weighted by molar-refractivity contribution is -0.116. The first-order chi connectivity index (χ1) is 13.4. The highest BCUT2D eigenvalue weighted by Crippen LogP contribution is 2.39. The van der Waals surface area contributed by atoms with Crippen LogP contribution in [0.4, 0.5) is 5.69 Å². The van der Waals surface area contributed by atoms with E-state index in [1.807, 2.05) is 0 Å². The molecule has 0 fully saturated rings. The fourth-order valence-corrected chi connectivity index (χ4v) is 2.89. The zero-order valence-corrected chi connectivity index (χ0v) is 16.3. The summed E-state index contributed by atoms with van der Waals surface area (Å²) < 4.78 is 22.5. The summed E-state index contributed by atoms with van der Waals surface area (Å²) in [6, 6.07) is 3.21. The van der Waals surface area contributed by atoms with Gasteiger partial charge in [0, 0.05) is 23.4 Å². The van der Waals surface area contributed by atoms with Gasteiger partial charge < -0.3 is 23.9 Å². The minimum absolute atomic E-state index is 0.206. The minimum atomic E-state index is -0.407. The lowest BCUT2D eigenvalue weighted by Crippen LogP contribution is -2.28. The molecule has 0 aliphatic rings. The summed E-state index contributed by atoms with van der Waals surface area (Å²) in [5, 5.41) is 3.10. The zero-order chi connectivity index (χ0) is 20.4. The van der Waals surface area contributed by atoms with Crippen LogP contribution in [0.15, 0.2) is 27.7 Å². The molecule has 0 spiro atoms.